The van der Waals surface area contributed by atoms with E-state index in [0.29, 0.717) is 13.0 Å². The second kappa shape index (κ2) is 18.0. The molecule has 0 aromatic rings. The molecule has 0 aliphatic heterocycles. The van der Waals surface area contributed by atoms with Gasteiger partial charge in [0, 0.05) is 0 Å². The van der Waals surface area contributed by atoms with Crippen LogP contribution in [0.2, 0.25) is 0 Å². The minimum Gasteiger partial charge on any atom is -0.652 e. The van der Waals surface area contributed by atoms with Gasteiger partial charge in [0.15, 0.2) is 0 Å². The van der Waals surface area contributed by atoms with E-state index in [2.05, 4.69) is 0 Å². The molecular weight excluding hydrogens is 238 g/mol. The Bertz CT molecular complexity index is 178. The summed E-state index contributed by atoms with van der Waals surface area (Å²) in [6.07, 6.45) is -0.169. The summed E-state index contributed by atoms with van der Waals surface area (Å²) in [5.41, 5.74) is 10.4. The molecule has 84 valence electrons. The van der Waals surface area contributed by atoms with Gasteiger partial charge in [-0.25, -0.2) is 0 Å². The number of rotatable bonds is 5. The second-order valence-corrected chi connectivity index (χ2v) is 2.48. The molecule has 1 atom stereocenters. The Morgan fingerprint density at radius 1 is 1.19 bits per heavy atom. The summed E-state index contributed by atoms with van der Waals surface area (Å²) in [7, 11) is 0. The van der Waals surface area contributed by atoms with E-state index >= 15 is 0 Å². The molecule has 0 bridgehead atoms. The molecular formula is C7H14N2Na2O5. The smallest absolute Gasteiger partial charge is 0.652 e. The number of carboxylic acid groups (broad SMARTS) is 3. The minimum atomic E-state index is -2.33. The van der Waals surface area contributed by atoms with Crippen LogP contribution in [0.25, 0.3) is 0 Å². The number of unbranched alkanes of at least 4 members (excludes halogenated alkanes) is 1. The van der Waals surface area contributed by atoms with Gasteiger partial charge in [-0.3, -0.25) is 4.79 Å². The van der Waals surface area contributed by atoms with Crippen LogP contribution in [0.1, 0.15) is 19.3 Å². The summed E-state index contributed by atoms with van der Waals surface area (Å²) in [4.78, 5) is 18.5. The fourth-order valence-electron chi connectivity index (χ4n) is 0.632. The zero-order valence-corrected chi connectivity index (χ0v) is 13.6. The van der Waals surface area contributed by atoms with Crippen LogP contribution in [-0.2, 0) is 4.79 Å². The number of carbonyl (C=O) groups excluding carboxylic acids is 1. The molecule has 9 heteroatoms. The van der Waals surface area contributed by atoms with Crippen molar-refractivity contribution in [2.75, 3.05) is 6.54 Å². The van der Waals surface area contributed by atoms with E-state index in [9.17, 15) is 4.79 Å². The zero-order valence-electron chi connectivity index (χ0n) is 9.64. The Labute approximate surface area is 138 Å². The van der Waals surface area contributed by atoms with Gasteiger partial charge in [-0.2, -0.15) is 0 Å². The van der Waals surface area contributed by atoms with E-state index in [-0.39, 0.29) is 59.1 Å². The Kier molecular flexibility index (Phi) is 28.7. The van der Waals surface area contributed by atoms with Crippen molar-refractivity contribution in [2.24, 2.45) is 11.5 Å². The Morgan fingerprint density at radius 2 is 1.56 bits per heavy atom. The van der Waals surface area contributed by atoms with Crippen LogP contribution in [0, 0.1) is 0 Å². The van der Waals surface area contributed by atoms with Crippen molar-refractivity contribution in [3.05, 3.63) is 0 Å². The van der Waals surface area contributed by atoms with Gasteiger partial charge in [-0.1, -0.05) is 6.42 Å². The van der Waals surface area contributed by atoms with Gasteiger partial charge in [0.2, 0.25) is 0 Å². The van der Waals surface area contributed by atoms with Crippen LogP contribution in [0.5, 0.6) is 0 Å². The quantitative estimate of drug-likeness (QED) is 0.324. The van der Waals surface area contributed by atoms with Gasteiger partial charge >= 0.3 is 65.1 Å². The molecule has 0 aromatic carbocycles. The van der Waals surface area contributed by atoms with Crippen LogP contribution in [0.15, 0.2) is 0 Å². The zero-order chi connectivity index (χ0) is 11.6. The molecule has 0 aliphatic carbocycles. The molecule has 0 saturated carbocycles. The van der Waals surface area contributed by atoms with Gasteiger partial charge in [-0.05, 0) is 25.5 Å². The normalized spacial score (nSPS) is 9.62. The molecule has 0 aliphatic rings. The first kappa shape index (κ1) is 25.5. The van der Waals surface area contributed by atoms with E-state index < -0.39 is 18.2 Å². The maximum absolute atomic E-state index is 10.1. The first-order valence-corrected chi connectivity index (χ1v) is 3.98. The monoisotopic (exact) mass is 252 g/mol. The fourth-order valence-corrected chi connectivity index (χ4v) is 0.632. The third-order valence-electron chi connectivity index (χ3n) is 1.29. The van der Waals surface area contributed by atoms with Crippen LogP contribution in [0.3, 0.4) is 0 Å². The van der Waals surface area contributed by atoms with Gasteiger partial charge in [-0.15, -0.1) is 0 Å². The van der Waals surface area contributed by atoms with Crippen molar-refractivity contribution in [3.63, 3.8) is 0 Å². The van der Waals surface area contributed by atoms with Crippen molar-refractivity contribution < 1.29 is 84.0 Å². The van der Waals surface area contributed by atoms with Crippen LogP contribution in [0.4, 0.5) is 4.79 Å². The Balaban J connectivity index is -0.000000105. The fraction of sp³-hybridized carbons (Fsp3) is 0.714. The average Bonchev–Trinajstić information content (AvgIpc) is 2.03. The molecule has 0 spiro atoms. The van der Waals surface area contributed by atoms with E-state index in [1.54, 1.807) is 0 Å². The summed E-state index contributed by atoms with van der Waals surface area (Å²) in [6, 6.07) is -0.716. The molecule has 0 saturated heterocycles. The average molecular weight is 252 g/mol. The number of hydrogen-bond donors (Lipinski definition) is 3. The largest absolute Gasteiger partial charge is 1.00 e. The van der Waals surface area contributed by atoms with Crippen molar-refractivity contribution in [1.82, 2.24) is 0 Å². The summed E-state index contributed by atoms with van der Waals surface area (Å²) >= 11 is 0. The number of carbonyl (C=O) groups is 2. The number of hydrogen-bond acceptors (Lipinski definition) is 6. The molecule has 0 fully saturated rings. The molecule has 7 nitrogen and oxygen atoms in total. The first-order valence-electron chi connectivity index (χ1n) is 3.98. The van der Waals surface area contributed by atoms with E-state index in [0.717, 1.165) is 12.8 Å². The molecule has 0 radical (unpaired) electrons. The molecule has 0 unspecified atom stereocenters. The van der Waals surface area contributed by atoms with Gasteiger partial charge < -0.3 is 31.6 Å². The summed E-state index contributed by atoms with van der Waals surface area (Å²) in [6.45, 7) is 0.604. The van der Waals surface area contributed by atoms with Gasteiger partial charge in [0.25, 0.3) is 0 Å². The maximum Gasteiger partial charge on any atom is 1.00 e. The first-order chi connectivity index (χ1) is 6.41. The topological polar surface area (TPSA) is 153 Å². The predicted octanol–water partition coefficient (Wildman–Crippen LogP) is -8.91. The number of carboxylic acids is 1. The van der Waals surface area contributed by atoms with E-state index in [4.69, 9.17) is 31.6 Å². The van der Waals surface area contributed by atoms with E-state index in [1.807, 2.05) is 0 Å². The molecule has 5 N–H and O–H groups in total. The summed E-state index contributed by atoms with van der Waals surface area (Å²) < 4.78 is 0. The second-order valence-electron chi connectivity index (χ2n) is 2.48. The van der Waals surface area contributed by atoms with Gasteiger partial charge in [0.05, 0.1) is 0 Å². The Morgan fingerprint density at radius 3 is 1.81 bits per heavy atom. The standard InChI is InChI=1S/C6H14N2O2.CH2O3.2Na/c7-4-2-1-3-5(8)6(9)10;2-1(3)4;;/h5H,1-4,7-8H2,(H,9,10);(H2,2,3,4);;/q;;2*+1/p-2/t5-;;;/m0.../s1. The summed E-state index contributed by atoms with van der Waals surface area (Å²) in [5, 5.41) is 25.0. The van der Waals surface area contributed by atoms with E-state index in [1.165, 1.54) is 0 Å². The molecule has 0 rings (SSSR count). The van der Waals surface area contributed by atoms with Crippen molar-refractivity contribution in [2.45, 2.75) is 25.3 Å². The van der Waals surface area contributed by atoms with Crippen LogP contribution in [-0.4, -0.2) is 29.8 Å². The van der Waals surface area contributed by atoms with Crippen LogP contribution >= 0.6 is 0 Å². The van der Waals surface area contributed by atoms with Crippen molar-refractivity contribution >= 4 is 12.1 Å². The summed E-state index contributed by atoms with van der Waals surface area (Å²) in [5.74, 6) is -0.933. The van der Waals surface area contributed by atoms with Crippen molar-refractivity contribution in [3.8, 4) is 0 Å². The maximum atomic E-state index is 10.1. The van der Waals surface area contributed by atoms with Crippen LogP contribution < -0.4 is 80.8 Å². The third-order valence-corrected chi connectivity index (χ3v) is 1.29. The number of aliphatic carboxylic acids is 1. The molecule has 0 aromatic heterocycles. The minimum absolute atomic E-state index is 0. The molecule has 0 heterocycles. The van der Waals surface area contributed by atoms with Gasteiger partial charge in [0.1, 0.15) is 6.04 Å². The molecule has 16 heavy (non-hydrogen) atoms. The Hall–Kier alpha value is 0.660. The predicted molar refractivity (Wildman–Crippen MR) is 43.9 cm³/mol. The SMILES string of the molecule is NCCCC[C@H](N)C(=O)O.O=C([O-])[O-].[Na+].[Na+]. The third kappa shape index (κ3) is 29.3. The molecule has 0 amide bonds. The number of nitrogens with two attached hydrogens (primary N) is 2. The van der Waals surface area contributed by atoms with Crippen molar-refractivity contribution in [1.29, 1.82) is 0 Å².